The van der Waals surface area contributed by atoms with Crippen LogP contribution < -0.4 is 14.2 Å². The van der Waals surface area contributed by atoms with Gasteiger partial charge in [-0.3, -0.25) is 4.79 Å². The van der Waals surface area contributed by atoms with Crippen LogP contribution in [0.5, 0.6) is 17.2 Å². The normalized spacial score (nSPS) is 10.9. The van der Waals surface area contributed by atoms with E-state index in [1.807, 2.05) is 0 Å². The monoisotopic (exact) mass is 377 g/mol. The Labute approximate surface area is 156 Å². The molecule has 7 heteroatoms. The van der Waals surface area contributed by atoms with E-state index < -0.39 is 6.61 Å². The quantitative estimate of drug-likeness (QED) is 0.653. The Morgan fingerprint density at radius 3 is 2.33 bits per heavy atom. The maximum atomic E-state index is 12.3. The van der Waals surface area contributed by atoms with E-state index in [9.17, 15) is 13.6 Å². The number of methoxy groups -OCH3 is 2. The molecule has 0 N–H and O–H groups in total. The number of amides is 1. The van der Waals surface area contributed by atoms with Crippen LogP contribution in [0, 0.1) is 0 Å². The predicted octanol–water partition coefficient (Wildman–Crippen LogP) is 3.98. The van der Waals surface area contributed by atoms with Gasteiger partial charge in [0.1, 0.15) is 17.2 Å². The fourth-order valence-corrected chi connectivity index (χ4v) is 2.39. The molecule has 0 spiro atoms. The van der Waals surface area contributed by atoms with Crippen LogP contribution in [-0.4, -0.2) is 38.7 Å². The first kappa shape index (κ1) is 20.2. The number of likely N-dealkylation sites (N-methyl/N-ethyl adjacent to an activating group) is 1. The molecule has 144 valence electrons. The molecular weight excluding hydrogens is 356 g/mol. The van der Waals surface area contributed by atoms with Crippen molar-refractivity contribution in [1.82, 2.24) is 4.90 Å². The highest BCUT2D eigenvalue weighted by atomic mass is 19.3. The molecular formula is C20H21F2NO4. The number of nitrogens with zero attached hydrogens (tertiary/aromatic N) is 1. The van der Waals surface area contributed by atoms with Crippen LogP contribution in [0.4, 0.5) is 8.78 Å². The lowest BCUT2D eigenvalue weighted by molar-refractivity contribution is -0.125. The molecule has 0 aliphatic rings. The third-order valence-corrected chi connectivity index (χ3v) is 3.79. The van der Waals surface area contributed by atoms with Gasteiger partial charge in [0, 0.05) is 25.2 Å². The van der Waals surface area contributed by atoms with E-state index in [0.29, 0.717) is 23.6 Å². The standard InChI is InChI=1S/C20H21F2NO4/c1-23(13-14-4-7-16(8-5-14)27-20(21)22)19(24)11-6-15-12-17(25-2)9-10-18(15)26-3/h4-12,20H,13H2,1-3H3/b11-6+. The Balaban J connectivity index is 2.02. The number of alkyl halides is 2. The average molecular weight is 377 g/mol. The minimum Gasteiger partial charge on any atom is -0.497 e. The second-order valence-corrected chi connectivity index (χ2v) is 5.66. The number of rotatable bonds is 8. The van der Waals surface area contributed by atoms with Crippen LogP contribution in [0.2, 0.25) is 0 Å². The summed E-state index contributed by atoms with van der Waals surface area (Å²) in [6.45, 7) is -2.54. The second kappa shape index (κ2) is 9.56. The predicted molar refractivity (Wildman–Crippen MR) is 98.1 cm³/mol. The van der Waals surface area contributed by atoms with Crippen molar-refractivity contribution >= 4 is 12.0 Å². The van der Waals surface area contributed by atoms with Gasteiger partial charge in [0.25, 0.3) is 0 Å². The summed E-state index contributed by atoms with van der Waals surface area (Å²) in [5, 5.41) is 0. The smallest absolute Gasteiger partial charge is 0.387 e. The number of halogens is 2. The summed E-state index contributed by atoms with van der Waals surface area (Å²) in [5.74, 6) is 1.14. The van der Waals surface area contributed by atoms with Crippen molar-refractivity contribution in [2.75, 3.05) is 21.3 Å². The summed E-state index contributed by atoms with van der Waals surface area (Å²) in [7, 11) is 4.76. The Bertz CT molecular complexity index is 791. The van der Waals surface area contributed by atoms with Crippen LogP contribution in [0.3, 0.4) is 0 Å². The molecule has 1 amide bonds. The molecule has 0 saturated carbocycles. The zero-order valence-corrected chi connectivity index (χ0v) is 15.3. The second-order valence-electron chi connectivity index (χ2n) is 5.66. The molecule has 0 saturated heterocycles. The summed E-state index contributed by atoms with van der Waals surface area (Å²) >= 11 is 0. The first-order valence-electron chi connectivity index (χ1n) is 8.12. The lowest BCUT2D eigenvalue weighted by Gasteiger charge is -2.15. The molecule has 0 aliphatic carbocycles. The zero-order chi connectivity index (χ0) is 19.8. The minimum absolute atomic E-state index is 0.0766. The number of hydrogen-bond donors (Lipinski definition) is 0. The first-order valence-corrected chi connectivity index (χ1v) is 8.12. The molecule has 2 aromatic rings. The topological polar surface area (TPSA) is 48.0 Å². The highest BCUT2D eigenvalue weighted by molar-refractivity contribution is 5.92. The lowest BCUT2D eigenvalue weighted by atomic mass is 10.1. The van der Waals surface area contributed by atoms with Crippen molar-refractivity contribution in [2.45, 2.75) is 13.2 Å². The largest absolute Gasteiger partial charge is 0.497 e. The van der Waals surface area contributed by atoms with Crippen LogP contribution in [-0.2, 0) is 11.3 Å². The van der Waals surface area contributed by atoms with Gasteiger partial charge in [0.05, 0.1) is 14.2 Å². The van der Waals surface area contributed by atoms with E-state index in [-0.39, 0.29) is 11.7 Å². The lowest BCUT2D eigenvalue weighted by Crippen LogP contribution is -2.24. The Morgan fingerprint density at radius 2 is 1.74 bits per heavy atom. The molecule has 0 unspecified atom stereocenters. The van der Waals surface area contributed by atoms with E-state index in [1.54, 1.807) is 57.7 Å². The van der Waals surface area contributed by atoms with Crippen LogP contribution in [0.25, 0.3) is 6.08 Å². The summed E-state index contributed by atoms with van der Waals surface area (Å²) in [5.41, 5.74) is 1.51. The van der Waals surface area contributed by atoms with Crippen molar-refractivity contribution in [3.63, 3.8) is 0 Å². The third kappa shape index (κ3) is 5.99. The highest BCUT2D eigenvalue weighted by Crippen LogP contribution is 2.25. The Morgan fingerprint density at radius 1 is 1.07 bits per heavy atom. The van der Waals surface area contributed by atoms with Gasteiger partial charge >= 0.3 is 6.61 Å². The van der Waals surface area contributed by atoms with E-state index in [0.717, 1.165) is 5.56 Å². The van der Waals surface area contributed by atoms with Gasteiger partial charge in [-0.25, -0.2) is 0 Å². The molecule has 0 aliphatic heterocycles. The van der Waals surface area contributed by atoms with E-state index >= 15 is 0 Å². The van der Waals surface area contributed by atoms with Crippen molar-refractivity contribution in [2.24, 2.45) is 0 Å². The Hall–Kier alpha value is -3.09. The maximum absolute atomic E-state index is 12.3. The molecule has 27 heavy (non-hydrogen) atoms. The average Bonchev–Trinajstić information content (AvgIpc) is 2.66. The van der Waals surface area contributed by atoms with Crippen LogP contribution in [0.15, 0.2) is 48.5 Å². The summed E-state index contributed by atoms with van der Waals surface area (Å²) in [6, 6.07) is 11.5. The van der Waals surface area contributed by atoms with Gasteiger partial charge in [0.2, 0.25) is 5.91 Å². The van der Waals surface area contributed by atoms with Gasteiger partial charge in [-0.2, -0.15) is 8.78 Å². The Kier molecular flexibility index (Phi) is 7.16. The zero-order valence-electron chi connectivity index (χ0n) is 15.3. The third-order valence-electron chi connectivity index (χ3n) is 3.79. The van der Waals surface area contributed by atoms with E-state index in [4.69, 9.17) is 9.47 Å². The molecule has 0 aromatic heterocycles. The van der Waals surface area contributed by atoms with Crippen LogP contribution in [0.1, 0.15) is 11.1 Å². The SMILES string of the molecule is COc1ccc(OC)c(/C=C/C(=O)N(C)Cc2ccc(OC(F)F)cc2)c1. The number of carbonyl (C=O) groups excluding carboxylic acids is 1. The molecule has 0 bridgehead atoms. The van der Waals surface area contributed by atoms with E-state index in [2.05, 4.69) is 4.74 Å². The summed E-state index contributed by atoms with van der Waals surface area (Å²) < 4.78 is 39.1. The number of benzene rings is 2. The number of carbonyl (C=O) groups is 1. The van der Waals surface area contributed by atoms with Crippen molar-refractivity contribution in [1.29, 1.82) is 0 Å². The van der Waals surface area contributed by atoms with Gasteiger partial charge in [-0.05, 0) is 42.0 Å². The first-order chi connectivity index (χ1) is 12.9. The fourth-order valence-electron chi connectivity index (χ4n) is 2.39. The molecule has 0 radical (unpaired) electrons. The van der Waals surface area contributed by atoms with Crippen LogP contribution >= 0.6 is 0 Å². The summed E-state index contributed by atoms with van der Waals surface area (Å²) in [4.78, 5) is 13.8. The van der Waals surface area contributed by atoms with Crippen molar-refractivity contribution < 1.29 is 27.8 Å². The van der Waals surface area contributed by atoms with Crippen molar-refractivity contribution in [3.05, 3.63) is 59.7 Å². The molecule has 0 fully saturated rings. The molecule has 0 heterocycles. The fraction of sp³-hybridized carbons (Fsp3) is 0.250. The number of hydrogen-bond acceptors (Lipinski definition) is 4. The van der Waals surface area contributed by atoms with Gasteiger partial charge < -0.3 is 19.1 Å². The van der Waals surface area contributed by atoms with Crippen molar-refractivity contribution in [3.8, 4) is 17.2 Å². The van der Waals surface area contributed by atoms with Gasteiger partial charge in [-0.15, -0.1) is 0 Å². The molecule has 5 nitrogen and oxygen atoms in total. The number of ether oxygens (including phenoxy) is 3. The maximum Gasteiger partial charge on any atom is 0.387 e. The molecule has 2 rings (SSSR count). The highest BCUT2D eigenvalue weighted by Gasteiger charge is 2.09. The minimum atomic E-state index is -2.86. The molecule has 0 atom stereocenters. The van der Waals surface area contributed by atoms with Gasteiger partial charge in [0.15, 0.2) is 0 Å². The van der Waals surface area contributed by atoms with E-state index in [1.165, 1.54) is 23.1 Å². The summed E-state index contributed by atoms with van der Waals surface area (Å²) in [6.07, 6.45) is 3.09. The van der Waals surface area contributed by atoms with Gasteiger partial charge in [-0.1, -0.05) is 12.1 Å². The molecule has 2 aromatic carbocycles.